The molecule has 0 unspecified atom stereocenters. The molecule has 0 atom stereocenters. The van der Waals surface area contributed by atoms with E-state index in [1.807, 2.05) is 6.92 Å². The Morgan fingerprint density at radius 1 is 1.03 bits per heavy atom. The molecule has 1 aliphatic heterocycles. The van der Waals surface area contributed by atoms with E-state index in [-0.39, 0.29) is 11.5 Å². The van der Waals surface area contributed by atoms with Crippen LogP contribution >= 0.6 is 0 Å². The number of nitrogens with zero attached hydrogens (tertiary/aromatic N) is 1. The lowest BCUT2D eigenvalue weighted by atomic mass is 9.93. The molecule has 1 aliphatic rings. The van der Waals surface area contributed by atoms with E-state index in [0.717, 1.165) is 17.7 Å². The van der Waals surface area contributed by atoms with E-state index in [0.29, 0.717) is 29.2 Å². The van der Waals surface area contributed by atoms with Gasteiger partial charge in [0.15, 0.2) is 11.3 Å². The van der Waals surface area contributed by atoms with Crippen LogP contribution < -0.4 is 10.1 Å². The van der Waals surface area contributed by atoms with Crippen LogP contribution in [-0.4, -0.2) is 29.6 Å². The van der Waals surface area contributed by atoms with Gasteiger partial charge in [-0.2, -0.15) is 0 Å². The zero-order chi connectivity index (χ0) is 24.5. The van der Waals surface area contributed by atoms with Gasteiger partial charge in [-0.25, -0.2) is 8.78 Å². The fourth-order valence-electron chi connectivity index (χ4n) is 3.54. The molecular weight excluding hydrogens is 442 g/mol. The van der Waals surface area contributed by atoms with Gasteiger partial charge in [0, 0.05) is 16.8 Å². The summed E-state index contributed by atoms with van der Waals surface area (Å²) in [7, 11) is 0. The number of rotatable bonds is 6. The van der Waals surface area contributed by atoms with E-state index >= 15 is 0 Å². The second-order valence-corrected chi connectivity index (χ2v) is 8.14. The molecule has 0 bridgehead atoms. The number of benzene rings is 3. The van der Waals surface area contributed by atoms with Crippen molar-refractivity contribution in [3.63, 3.8) is 0 Å². The van der Waals surface area contributed by atoms with Gasteiger partial charge in [0.2, 0.25) is 5.78 Å². The number of anilines is 1. The van der Waals surface area contributed by atoms with Crippen molar-refractivity contribution in [2.75, 3.05) is 11.9 Å². The highest BCUT2D eigenvalue weighted by Crippen LogP contribution is 2.34. The highest BCUT2D eigenvalue weighted by atomic mass is 19.1. The minimum Gasteiger partial charge on any atom is -0.493 e. The maximum Gasteiger partial charge on any atom is 0.261 e. The summed E-state index contributed by atoms with van der Waals surface area (Å²) >= 11 is 0. The minimum atomic E-state index is -1.02. The number of hydrogen-bond donors (Lipinski definition) is 1. The molecule has 1 amide bonds. The van der Waals surface area contributed by atoms with Gasteiger partial charge >= 0.3 is 0 Å². The van der Waals surface area contributed by atoms with Crippen LogP contribution in [-0.2, 0) is 9.63 Å². The van der Waals surface area contributed by atoms with Crippen molar-refractivity contribution in [1.82, 2.24) is 0 Å². The quantitative estimate of drug-likeness (QED) is 0.533. The summed E-state index contributed by atoms with van der Waals surface area (Å²) in [6.45, 7) is 5.60. The minimum absolute atomic E-state index is 0.221. The summed E-state index contributed by atoms with van der Waals surface area (Å²) in [4.78, 5) is 30.2. The molecule has 6 nitrogen and oxygen atoms in total. The Hall–Kier alpha value is -4.07. The number of hydrogen-bond acceptors (Lipinski definition) is 5. The van der Waals surface area contributed by atoms with Gasteiger partial charge in [-0.3, -0.25) is 9.59 Å². The summed E-state index contributed by atoms with van der Waals surface area (Å²) in [6.07, 6.45) is 0. The van der Waals surface area contributed by atoms with Crippen LogP contribution in [0.2, 0.25) is 0 Å². The van der Waals surface area contributed by atoms with Gasteiger partial charge in [-0.15, -0.1) is 0 Å². The highest BCUT2D eigenvalue weighted by molar-refractivity contribution is 6.49. The van der Waals surface area contributed by atoms with E-state index in [2.05, 4.69) is 10.5 Å². The predicted octanol–water partition coefficient (Wildman–Crippen LogP) is 5.36. The summed E-state index contributed by atoms with van der Waals surface area (Å²) in [6, 6.07) is 15.2. The van der Waals surface area contributed by atoms with E-state index in [1.165, 1.54) is 6.07 Å². The number of amides is 1. The van der Waals surface area contributed by atoms with Crippen molar-refractivity contribution in [1.29, 1.82) is 0 Å². The Bertz CT molecular complexity index is 1280. The average Bonchev–Trinajstić information content (AvgIpc) is 3.07. The number of Topliss-reactive ketones (excluding diaryl/α,β-unsaturated/α-hetero) is 1. The number of carbonyl (C=O) groups excluding carboxylic acids is 2. The van der Waals surface area contributed by atoms with Gasteiger partial charge in [-0.05, 0) is 68.8 Å². The fraction of sp³-hybridized carbons (Fsp3) is 0.192. The largest absolute Gasteiger partial charge is 0.493 e. The van der Waals surface area contributed by atoms with Crippen molar-refractivity contribution in [2.45, 2.75) is 26.4 Å². The molecule has 3 aromatic rings. The van der Waals surface area contributed by atoms with Gasteiger partial charge < -0.3 is 14.9 Å². The van der Waals surface area contributed by atoms with Gasteiger partial charge in [0.05, 0.1) is 6.61 Å². The van der Waals surface area contributed by atoms with Crippen LogP contribution in [0.3, 0.4) is 0 Å². The first-order valence-electron chi connectivity index (χ1n) is 10.6. The third-order valence-corrected chi connectivity index (χ3v) is 5.32. The maximum atomic E-state index is 13.9. The van der Waals surface area contributed by atoms with Crippen LogP contribution in [0.15, 0.2) is 65.8 Å². The second-order valence-electron chi connectivity index (χ2n) is 8.14. The normalized spacial score (nSPS) is 14.4. The van der Waals surface area contributed by atoms with Crippen molar-refractivity contribution in [2.24, 2.45) is 5.16 Å². The molecule has 1 heterocycles. The second kappa shape index (κ2) is 9.05. The van der Waals surface area contributed by atoms with Crippen molar-refractivity contribution in [3.8, 4) is 16.9 Å². The van der Waals surface area contributed by atoms with Gasteiger partial charge in [0.25, 0.3) is 5.91 Å². The number of nitrogens with one attached hydrogen (secondary N) is 1. The average molecular weight is 464 g/mol. The lowest BCUT2D eigenvalue weighted by molar-refractivity contribution is -0.128. The molecule has 0 saturated carbocycles. The Kier molecular flexibility index (Phi) is 6.15. The summed E-state index contributed by atoms with van der Waals surface area (Å²) in [5, 5.41) is 6.46. The number of oxime groups is 1. The van der Waals surface area contributed by atoms with Gasteiger partial charge in [-0.1, -0.05) is 23.4 Å². The topological polar surface area (TPSA) is 77.0 Å². The van der Waals surface area contributed by atoms with E-state index in [4.69, 9.17) is 9.57 Å². The molecule has 3 aromatic carbocycles. The number of halogens is 2. The monoisotopic (exact) mass is 464 g/mol. The zero-order valence-electron chi connectivity index (χ0n) is 18.8. The molecule has 8 heteroatoms. The van der Waals surface area contributed by atoms with Crippen LogP contribution in [0.5, 0.6) is 5.75 Å². The standard InChI is InChI=1S/C26H22F2N2O4/c1-4-33-21-13-10-16(23-24(31)26(2,3)34-30-23)14-18(21)15-8-11-17(12-9-15)29-25(32)22-19(27)6-5-7-20(22)28/h5-14H,4H2,1-3H3,(H,29,32). The smallest absolute Gasteiger partial charge is 0.261 e. The summed E-state index contributed by atoms with van der Waals surface area (Å²) < 4.78 is 33.5. The van der Waals surface area contributed by atoms with Crippen LogP contribution in [0.4, 0.5) is 14.5 Å². The Labute approximate surface area is 195 Å². The summed E-state index contributed by atoms with van der Waals surface area (Å²) in [5.74, 6) is -2.39. The zero-order valence-corrected chi connectivity index (χ0v) is 18.8. The first-order valence-corrected chi connectivity index (χ1v) is 10.6. The first kappa shape index (κ1) is 23.1. The Morgan fingerprint density at radius 2 is 1.68 bits per heavy atom. The fourth-order valence-corrected chi connectivity index (χ4v) is 3.54. The third kappa shape index (κ3) is 4.39. The third-order valence-electron chi connectivity index (χ3n) is 5.32. The predicted molar refractivity (Wildman–Crippen MR) is 124 cm³/mol. The molecule has 0 radical (unpaired) electrons. The molecular formula is C26H22F2N2O4. The molecule has 0 fully saturated rings. The number of ether oxygens (including phenoxy) is 1. The van der Waals surface area contributed by atoms with Crippen molar-refractivity contribution in [3.05, 3.63) is 83.4 Å². The summed E-state index contributed by atoms with van der Waals surface area (Å²) in [5.41, 5.74) is 0.947. The molecule has 0 aromatic heterocycles. The number of ketones is 1. The molecule has 0 aliphatic carbocycles. The van der Waals surface area contributed by atoms with Crippen LogP contribution in [0.25, 0.3) is 11.1 Å². The van der Waals surface area contributed by atoms with E-state index in [9.17, 15) is 18.4 Å². The molecule has 174 valence electrons. The SMILES string of the molecule is CCOc1ccc(C2=NOC(C)(C)C2=O)cc1-c1ccc(NC(=O)c2c(F)cccc2F)cc1. The first-order chi connectivity index (χ1) is 16.2. The molecule has 4 rings (SSSR count). The van der Waals surface area contributed by atoms with Crippen LogP contribution in [0.1, 0.15) is 36.7 Å². The molecule has 0 spiro atoms. The van der Waals surface area contributed by atoms with E-state index < -0.39 is 28.7 Å². The number of carbonyl (C=O) groups is 2. The lowest BCUT2D eigenvalue weighted by Crippen LogP contribution is -2.33. The van der Waals surface area contributed by atoms with Crippen molar-refractivity contribution < 1.29 is 27.9 Å². The Balaban J connectivity index is 1.63. The van der Waals surface area contributed by atoms with E-state index in [1.54, 1.807) is 56.3 Å². The maximum absolute atomic E-state index is 13.9. The molecule has 0 saturated heterocycles. The lowest BCUT2D eigenvalue weighted by Gasteiger charge is -2.14. The van der Waals surface area contributed by atoms with Gasteiger partial charge in [0.1, 0.15) is 22.9 Å². The highest BCUT2D eigenvalue weighted by Gasteiger charge is 2.40. The Morgan fingerprint density at radius 3 is 2.26 bits per heavy atom. The van der Waals surface area contributed by atoms with Crippen molar-refractivity contribution >= 4 is 23.1 Å². The van der Waals surface area contributed by atoms with Crippen LogP contribution in [0, 0.1) is 11.6 Å². The molecule has 1 N–H and O–H groups in total. The molecule has 34 heavy (non-hydrogen) atoms.